The maximum absolute atomic E-state index is 12.2. The molecule has 132 valence electrons. The molecule has 1 atom stereocenters. The van der Waals surface area contributed by atoms with Gasteiger partial charge >= 0.3 is 0 Å². The first kappa shape index (κ1) is 17.8. The van der Waals surface area contributed by atoms with E-state index in [2.05, 4.69) is 16.7 Å². The summed E-state index contributed by atoms with van der Waals surface area (Å²) in [6, 6.07) is 13.1. The lowest BCUT2D eigenvalue weighted by Crippen LogP contribution is -2.31. The molecule has 2 N–H and O–H groups in total. The second-order valence-corrected chi connectivity index (χ2v) is 6.87. The summed E-state index contributed by atoms with van der Waals surface area (Å²) in [5.41, 5.74) is 2.17. The van der Waals surface area contributed by atoms with Crippen molar-refractivity contribution in [3.63, 3.8) is 0 Å². The summed E-state index contributed by atoms with van der Waals surface area (Å²) in [6.07, 6.45) is 1.66. The van der Waals surface area contributed by atoms with Crippen molar-refractivity contribution in [2.24, 2.45) is 0 Å². The van der Waals surface area contributed by atoms with Crippen molar-refractivity contribution >= 4 is 29.3 Å². The fraction of sp³-hybridized carbons (Fsp3) is 0.211. The van der Waals surface area contributed by atoms with Crippen LogP contribution in [0, 0.1) is 18.3 Å². The minimum absolute atomic E-state index is 0.0829. The molecule has 7 heteroatoms. The molecule has 6 nitrogen and oxygen atoms in total. The van der Waals surface area contributed by atoms with Crippen molar-refractivity contribution in [3.8, 4) is 6.07 Å². The number of carbonyl (C=O) groups excluding carboxylic acids is 2. The molecule has 0 spiro atoms. The van der Waals surface area contributed by atoms with E-state index in [-0.39, 0.29) is 24.0 Å². The minimum Gasteiger partial charge on any atom is -0.469 e. The molecule has 2 aromatic rings. The number of nitriles is 1. The third-order valence-electron chi connectivity index (χ3n) is 3.89. The van der Waals surface area contributed by atoms with Crippen LogP contribution in [0.4, 0.5) is 5.69 Å². The molecule has 26 heavy (non-hydrogen) atoms. The van der Waals surface area contributed by atoms with E-state index in [1.807, 2.05) is 31.2 Å². The van der Waals surface area contributed by atoms with E-state index in [9.17, 15) is 14.9 Å². The number of rotatable bonds is 5. The van der Waals surface area contributed by atoms with Crippen LogP contribution in [0.5, 0.6) is 0 Å². The molecule has 0 aliphatic carbocycles. The lowest BCUT2D eigenvalue weighted by atomic mass is 9.92. The smallest absolute Gasteiger partial charge is 0.234 e. The summed E-state index contributed by atoms with van der Waals surface area (Å²) in [7, 11) is 0. The number of benzene rings is 1. The third kappa shape index (κ3) is 4.16. The number of hydrogen-bond acceptors (Lipinski definition) is 5. The molecule has 1 aliphatic heterocycles. The normalized spacial score (nSPS) is 16.8. The molecule has 0 radical (unpaired) electrons. The Morgan fingerprint density at radius 3 is 2.96 bits per heavy atom. The van der Waals surface area contributed by atoms with Crippen molar-refractivity contribution in [3.05, 3.63) is 64.6 Å². The van der Waals surface area contributed by atoms with Crippen molar-refractivity contribution in [1.29, 1.82) is 5.26 Å². The Balaban J connectivity index is 1.71. The number of allylic oxidation sites excluding steroid dienone is 1. The van der Waals surface area contributed by atoms with Gasteiger partial charge in [-0.25, -0.2) is 0 Å². The van der Waals surface area contributed by atoms with Crippen molar-refractivity contribution in [2.45, 2.75) is 19.3 Å². The van der Waals surface area contributed by atoms with Gasteiger partial charge in [-0.3, -0.25) is 9.59 Å². The number of aryl methyl sites for hydroxylation is 1. The quantitative estimate of drug-likeness (QED) is 0.845. The molecule has 0 saturated heterocycles. The number of hydrogen-bond donors (Lipinski definition) is 2. The van der Waals surface area contributed by atoms with Crippen LogP contribution in [0.1, 0.15) is 23.7 Å². The van der Waals surface area contributed by atoms with Gasteiger partial charge in [-0.15, -0.1) is 0 Å². The monoisotopic (exact) mass is 367 g/mol. The zero-order valence-corrected chi connectivity index (χ0v) is 14.9. The van der Waals surface area contributed by atoms with E-state index in [4.69, 9.17) is 4.42 Å². The van der Waals surface area contributed by atoms with E-state index in [0.29, 0.717) is 22.0 Å². The Morgan fingerprint density at radius 2 is 2.27 bits per heavy atom. The SMILES string of the molecule is Cc1cccc(NC(=O)CSC2=C(C#N)[C@H](c3ccco3)CC(=O)N2)c1. The number of furan rings is 1. The summed E-state index contributed by atoms with van der Waals surface area (Å²) in [5.74, 6) is -0.184. The van der Waals surface area contributed by atoms with E-state index in [1.165, 1.54) is 6.26 Å². The average molecular weight is 367 g/mol. The largest absolute Gasteiger partial charge is 0.469 e. The number of nitrogens with zero attached hydrogens (tertiary/aromatic N) is 1. The first-order valence-corrected chi connectivity index (χ1v) is 9.02. The van der Waals surface area contributed by atoms with Crippen LogP contribution in [-0.2, 0) is 9.59 Å². The number of nitrogens with one attached hydrogen (secondary N) is 2. The van der Waals surface area contributed by atoms with E-state index in [0.717, 1.165) is 17.3 Å². The number of carbonyl (C=O) groups is 2. The Hall–Kier alpha value is -2.98. The topological polar surface area (TPSA) is 95.1 Å². The van der Waals surface area contributed by atoms with Crippen LogP contribution in [0.25, 0.3) is 0 Å². The summed E-state index contributed by atoms with van der Waals surface area (Å²) in [6.45, 7) is 1.95. The molecular formula is C19H17N3O3S. The zero-order valence-electron chi connectivity index (χ0n) is 14.1. The fourth-order valence-electron chi connectivity index (χ4n) is 2.72. The second kappa shape index (κ2) is 7.93. The standard InChI is InChI=1S/C19H17N3O3S/c1-12-4-2-5-13(8-12)21-18(24)11-26-19-15(10-20)14(9-17(23)22-19)16-6-3-7-25-16/h2-8,14H,9,11H2,1H3,(H,21,24)(H,22,23)/t14-/m1/s1. The van der Waals surface area contributed by atoms with E-state index < -0.39 is 5.92 Å². The molecule has 0 fully saturated rings. The van der Waals surface area contributed by atoms with Gasteiger partial charge in [0.2, 0.25) is 11.8 Å². The van der Waals surface area contributed by atoms with Gasteiger partial charge in [0.15, 0.2) is 0 Å². The molecule has 0 unspecified atom stereocenters. The van der Waals surface area contributed by atoms with Crippen molar-refractivity contribution in [1.82, 2.24) is 5.32 Å². The van der Waals surface area contributed by atoms with Gasteiger partial charge < -0.3 is 15.1 Å². The van der Waals surface area contributed by atoms with Crippen molar-refractivity contribution < 1.29 is 14.0 Å². The fourth-order valence-corrected chi connectivity index (χ4v) is 3.60. The van der Waals surface area contributed by atoms with Gasteiger partial charge in [0.25, 0.3) is 0 Å². The Kier molecular flexibility index (Phi) is 5.44. The first-order chi connectivity index (χ1) is 12.6. The lowest BCUT2D eigenvalue weighted by molar-refractivity contribution is -0.121. The highest BCUT2D eigenvalue weighted by molar-refractivity contribution is 8.03. The molecule has 0 saturated carbocycles. The molecule has 2 amide bonds. The minimum atomic E-state index is -0.425. The van der Waals surface area contributed by atoms with Gasteiger partial charge in [0.1, 0.15) is 5.76 Å². The molecule has 1 aromatic heterocycles. The molecule has 2 heterocycles. The highest BCUT2D eigenvalue weighted by Crippen LogP contribution is 2.36. The molecular weight excluding hydrogens is 350 g/mol. The molecule has 1 aliphatic rings. The molecule has 1 aromatic carbocycles. The van der Waals surface area contributed by atoms with Crippen LogP contribution < -0.4 is 10.6 Å². The Labute approximate surface area is 155 Å². The molecule has 0 bridgehead atoms. The number of thioether (sulfide) groups is 1. The number of amides is 2. The van der Waals surface area contributed by atoms with Crippen LogP contribution >= 0.6 is 11.8 Å². The zero-order chi connectivity index (χ0) is 18.5. The maximum atomic E-state index is 12.2. The van der Waals surface area contributed by atoms with Gasteiger partial charge in [-0.2, -0.15) is 5.26 Å². The maximum Gasteiger partial charge on any atom is 0.234 e. The highest BCUT2D eigenvalue weighted by atomic mass is 32.2. The number of anilines is 1. The van der Waals surface area contributed by atoms with Crippen LogP contribution in [0.3, 0.4) is 0 Å². The predicted octanol–water partition coefficient (Wildman–Crippen LogP) is 3.30. The Bertz CT molecular complexity index is 897. The summed E-state index contributed by atoms with van der Waals surface area (Å²) >= 11 is 1.14. The van der Waals surface area contributed by atoms with E-state index in [1.54, 1.807) is 12.1 Å². The third-order valence-corrected chi connectivity index (χ3v) is 4.91. The summed E-state index contributed by atoms with van der Waals surface area (Å²) < 4.78 is 5.36. The molecule has 3 rings (SSSR count). The van der Waals surface area contributed by atoms with Crippen LogP contribution in [0.15, 0.2) is 57.7 Å². The van der Waals surface area contributed by atoms with Gasteiger partial charge in [-0.05, 0) is 36.8 Å². The van der Waals surface area contributed by atoms with Gasteiger partial charge in [0, 0.05) is 12.1 Å². The average Bonchev–Trinajstić information content (AvgIpc) is 3.14. The van der Waals surface area contributed by atoms with Crippen LogP contribution in [-0.4, -0.2) is 17.6 Å². The lowest BCUT2D eigenvalue weighted by Gasteiger charge is -2.23. The van der Waals surface area contributed by atoms with Crippen molar-refractivity contribution in [2.75, 3.05) is 11.1 Å². The van der Waals surface area contributed by atoms with Gasteiger partial charge in [0.05, 0.1) is 34.6 Å². The first-order valence-electron chi connectivity index (χ1n) is 8.03. The highest BCUT2D eigenvalue weighted by Gasteiger charge is 2.31. The van der Waals surface area contributed by atoms with E-state index >= 15 is 0 Å². The van der Waals surface area contributed by atoms with Gasteiger partial charge in [-0.1, -0.05) is 23.9 Å². The summed E-state index contributed by atoms with van der Waals surface area (Å²) in [4.78, 5) is 24.2. The summed E-state index contributed by atoms with van der Waals surface area (Å²) in [5, 5.41) is 15.4. The predicted molar refractivity (Wildman–Crippen MR) is 99.1 cm³/mol. The Morgan fingerprint density at radius 1 is 1.42 bits per heavy atom. The van der Waals surface area contributed by atoms with Crippen LogP contribution in [0.2, 0.25) is 0 Å². The second-order valence-electron chi connectivity index (χ2n) is 5.88.